The Hall–Kier alpha value is -1.20. The highest BCUT2D eigenvalue weighted by Crippen LogP contribution is 2.14. The standard InChI is InChI=1S/C15H21NO3S/c1-12-7-8-16(9-10-20(12)18)15(17)14-5-3-13(4-6-14)11-19-2/h3-6,12H,7-11H2,1-2H3/t12-,20+/m0/s1. The molecule has 1 aromatic rings. The number of methoxy groups -OCH3 is 1. The van der Waals surface area contributed by atoms with Gasteiger partial charge in [0, 0.05) is 47.6 Å². The maximum absolute atomic E-state index is 12.4. The van der Waals surface area contributed by atoms with E-state index < -0.39 is 10.8 Å². The Kier molecular flexibility index (Phi) is 5.31. The Balaban J connectivity index is 2.04. The zero-order valence-electron chi connectivity index (χ0n) is 12.0. The topological polar surface area (TPSA) is 46.6 Å². The van der Waals surface area contributed by atoms with Gasteiger partial charge < -0.3 is 9.64 Å². The first-order valence-corrected chi connectivity index (χ1v) is 8.24. The summed E-state index contributed by atoms with van der Waals surface area (Å²) in [7, 11) is 0.838. The molecule has 4 nitrogen and oxygen atoms in total. The van der Waals surface area contributed by atoms with Gasteiger partial charge in [0.05, 0.1) is 6.61 Å². The summed E-state index contributed by atoms with van der Waals surface area (Å²) in [6.45, 7) is 3.81. The van der Waals surface area contributed by atoms with Crippen molar-refractivity contribution in [3.63, 3.8) is 0 Å². The molecule has 1 aromatic carbocycles. The van der Waals surface area contributed by atoms with Crippen LogP contribution in [0, 0.1) is 0 Å². The van der Waals surface area contributed by atoms with Crippen LogP contribution in [0.2, 0.25) is 0 Å². The fraction of sp³-hybridized carbons (Fsp3) is 0.533. The number of rotatable bonds is 3. The van der Waals surface area contributed by atoms with Gasteiger partial charge >= 0.3 is 0 Å². The Labute approximate surface area is 122 Å². The first-order valence-electron chi connectivity index (χ1n) is 6.86. The fourth-order valence-electron chi connectivity index (χ4n) is 2.28. The summed E-state index contributed by atoms with van der Waals surface area (Å²) in [5, 5.41) is 0.178. The van der Waals surface area contributed by atoms with Crippen LogP contribution in [0.4, 0.5) is 0 Å². The van der Waals surface area contributed by atoms with Crippen molar-refractivity contribution in [2.75, 3.05) is 26.0 Å². The maximum atomic E-state index is 12.4. The molecule has 20 heavy (non-hydrogen) atoms. The second-order valence-electron chi connectivity index (χ2n) is 5.11. The zero-order chi connectivity index (χ0) is 14.5. The van der Waals surface area contributed by atoms with Gasteiger partial charge in [-0.25, -0.2) is 0 Å². The second-order valence-corrected chi connectivity index (χ2v) is 7.08. The number of hydrogen-bond donors (Lipinski definition) is 0. The van der Waals surface area contributed by atoms with Crippen molar-refractivity contribution in [2.24, 2.45) is 0 Å². The molecule has 0 aromatic heterocycles. The van der Waals surface area contributed by atoms with E-state index in [2.05, 4.69) is 0 Å². The fourth-order valence-corrected chi connectivity index (χ4v) is 3.45. The van der Waals surface area contributed by atoms with E-state index >= 15 is 0 Å². The van der Waals surface area contributed by atoms with Crippen LogP contribution in [0.5, 0.6) is 0 Å². The summed E-state index contributed by atoms with van der Waals surface area (Å²) in [6, 6.07) is 7.49. The molecule has 1 fully saturated rings. The Morgan fingerprint density at radius 2 is 2.05 bits per heavy atom. The van der Waals surface area contributed by atoms with Crippen molar-refractivity contribution in [3.05, 3.63) is 35.4 Å². The van der Waals surface area contributed by atoms with Crippen LogP contribution in [0.3, 0.4) is 0 Å². The molecule has 0 spiro atoms. The molecular weight excluding hydrogens is 274 g/mol. The number of ether oxygens (including phenoxy) is 1. The third kappa shape index (κ3) is 3.67. The smallest absolute Gasteiger partial charge is 0.253 e. The molecule has 1 aliphatic heterocycles. The third-order valence-electron chi connectivity index (χ3n) is 3.62. The van der Waals surface area contributed by atoms with E-state index in [-0.39, 0.29) is 11.2 Å². The van der Waals surface area contributed by atoms with Crippen LogP contribution in [0.15, 0.2) is 24.3 Å². The summed E-state index contributed by atoms with van der Waals surface area (Å²) >= 11 is 0. The van der Waals surface area contributed by atoms with Crippen LogP contribution < -0.4 is 0 Å². The normalized spacial score (nSPS) is 23.4. The second kappa shape index (κ2) is 6.99. The first kappa shape index (κ1) is 15.2. The molecule has 0 bridgehead atoms. The van der Waals surface area contributed by atoms with E-state index in [1.54, 1.807) is 7.11 Å². The van der Waals surface area contributed by atoms with Crippen molar-refractivity contribution in [1.82, 2.24) is 4.90 Å². The highest BCUT2D eigenvalue weighted by atomic mass is 32.2. The Morgan fingerprint density at radius 1 is 1.35 bits per heavy atom. The summed E-state index contributed by atoms with van der Waals surface area (Å²) < 4.78 is 16.9. The average Bonchev–Trinajstić information content (AvgIpc) is 2.62. The quantitative estimate of drug-likeness (QED) is 0.854. The van der Waals surface area contributed by atoms with Crippen molar-refractivity contribution in [1.29, 1.82) is 0 Å². The van der Waals surface area contributed by atoms with Crippen molar-refractivity contribution in [2.45, 2.75) is 25.2 Å². The van der Waals surface area contributed by atoms with Gasteiger partial charge in [-0.05, 0) is 24.1 Å². The van der Waals surface area contributed by atoms with Crippen LogP contribution >= 0.6 is 0 Å². The predicted octanol–water partition coefficient (Wildman–Crippen LogP) is 1.82. The molecule has 2 rings (SSSR count). The highest BCUT2D eigenvalue weighted by molar-refractivity contribution is 7.85. The maximum Gasteiger partial charge on any atom is 0.253 e. The lowest BCUT2D eigenvalue weighted by molar-refractivity contribution is 0.0767. The summed E-state index contributed by atoms with van der Waals surface area (Å²) in [5.74, 6) is 0.606. The van der Waals surface area contributed by atoms with E-state index in [0.29, 0.717) is 31.0 Å². The molecule has 5 heteroatoms. The van der Waals surface area contributed by atoms with Gasteiger partial charge in [0.15, 0.2) is 0 Å². The molecule has 0 N–H and O–H groups in total. The van der Waals surface area contributed by atoms with Gasteiger partial charge in [-0.15, -0.1) is 0 Å². The molecule has 1 saturated heterocycles. The lowest BCUT2D eigenvalue weighted by Gasteiger charge is -2.20. The van der Waals surface area contributed by atoms with E-state index in [4.69, 9.17) is 4.74 Å². The van der Waals surface area contributed by atoms with Crippen LogP contribution in [0.25, 0.3) is 0 Å². The molecule has 0 unspecified atom stereocenters. The number of nitrogens with zero attached hydrogens (tertiary/aromatic N) is 1. The van der Waals surface area contributed by atoms with Gasteiger partial charge in [-0.1, -0.05) is 19.1 Å². The minimum Gasteiger partial charge on any atom is -0.380 e. The van der Waals surface area contributed by atoms with Crippen LogP contribution in [-0.4, -0.2) is 46.2 Å². The van der Waals surface area contributed by atoms with Gasteiger partial charge in [-0.2, -0.15) is 0 Å². The van der Waals surface area contributed by atoms with Gasteiger partial charge in [-0.3, -0.25) is 9.00 Å². The third-order valence-corrected chi connectivity index (χ3v) is 5.33. The summed E-state index contributed by atoms with van der Waals surface area (Å²) in [5.41, 5.74) is 1.74. The number of hydrogen-bond acceptors (Lipinski definition) is 3. The number of benzene rings is 1. The first-order chi connectivity index (χ1) is 9.61. The Morgan fingerprint density at radius 3 is 2.70 bits per heavy atom. The number of carbonyl (C=O) groups is 1. The van der Waals surface area contributed by atoms with Gasteiger partial charge in [0.25, 0.3) is 5.91 Å². The minimum absolute atomic E-state index is 0.0278. The monoisotopic (exact) mass is 295 g/mol. The van der Waals surface area contributed by atoms with Crippen LogP contribution in [0.1, 0.15) is 29.3 Å². The zero-order valence-corrected chi connectivity index (χ0v) is 12.8. The largest absolute Gasteiger partial charge is 0.380 e. The van der Waals surface area contributed by atoms with Gasteiger partial charge in [0.2, 0.25) is 0 Å². The molecule has 2 atom stereocenters. The van der Waals surface area contributed by atoms with Crippen molar-refractivity contribution < 1.29 is 13.7 Å². The van der Waals surface area contributed by atoms with Crippen molar-refractivity contribution >= 4 is 16.7 Å². The van der Waals surface area contributed by atoms with Crippen LogP contribution in [-0.2, 0) is 22.1 Å². The molecule has 1 heterocycles. The molecule has 0 radical (unpaired) electrons. The van der Waals surface area contributed by atoms with E-state index in [9.17, 15) is 9.00 Å². The van der Waals surface area contributed by atoms with Crippen molar-refractivity contribution in [3.8, 4) is 0 Å². The van der Waals surface area contributed by atoms with E-state index in [1.807, 2.05) is 36.1 Å². The average molecular weight is 295 g/mol. The molecule has 110 valence electrons. The van der Waals surface area contributed by atoms with Gasteiger partial charge in [0.1, 0.15) is 0 Å². The lowest BCUT2D eigenvalue weighted by Crippen LogP contribution is -2.33. The predicted molar refractivity (Wildman–Crippen MR) is 80.1 cm³/mol. The summed E-state index contributed by atoms with van der Waals surface area (Å²) in [4.78, 5) is 14.2. The SMILES string of the molecule is COCc1ccc(C(=O)N2CC[C@H](C)[S@](=O)CC2)cc1. The summed E-state index contributed by atoms with van der Waals surface area (Å²) in [6.07, 6.45) is 0.806. The Bertz CT molecular complexity index is 486. The highest BCUT2D eigenvalue weighted by Gasteiger charge is 2.23. The minimum atomic E-state index is -0.813. The lowest BCUT2D eigenvalue weighted by atomic mass is 10.1. The number of amides is 1. The van der Waals surface area contributed by atoms with E-state index in [1.165, 1.54) is 0 Å². The molecule has 1 amide bonds. The number of carbonyl (C=O) groups excluding carboxylic acids is 1. The molecule has 0 saturated carbocycles. The molecule has 0 aliphatic carbocycles. The molecule has 1 aliphatic rings. The van der Waals surface area contributed by atoms with E-state index in [0.717, 1.165) is 12.0 Å². The molecular formula is C15H21NO3S.